The summed E-state index contributed by atoms with van der Waals surface area (Å²) in [6.45, 7) is 0. The van der Waals surface area contributed by atoms with Gasteiger partial charge in [-0.15, -0.1) is 0 Å². The van der Waals surface area contributed by atoms with Gasteiger partial charge in [-0.1, -0.05) is 60.7 Å². The van der Waals surface area contributed by atoms with Crippen LogP contribution in [0, 0.1) is 0 Å². The Morgan fingerprint density at radius 2 is 1.88 bits per heavy atom. The molecule has 0 saturated heterocycles. The average Bonchev–Trinajstić information content (AvgIpc) is 2.67. The minimum atomic E-state index is -4.67. The summed E-state index contributed by atoms with van der Waals surface area (Å²) < 4.78 is 43.8. The number of benzene rings is 2. The number of rotatable bonds is 4. The predicted molar refractivity (Wildman–Crippen MR) is 95.1 cm³/mol. The van der Waals surface area contributed by atoms with Crippen LogP contribution < -0.4 is 4.74 Å². The number of allylic oxidation sites excluding steroid dienone is 2. The molecule has 2 nitrogen and oxygen atoms in total. The summed E-state index contributed by atoms with van der Waals surface area (Å²) in [4.78, 5) is 0. The van der Waals surface area contributed by atoms with Crippen molar-refractivity contribution in [1.82, 2.24) is 0 Å². The smallest absolute Gasteiger partial charge is 0.418 e. The van der Waals surface area contributed by atoms with Crippen LogP contribution >= 0.6 is 0 Å². The molecule has 5 heteroatoms. The Balaban J connectivity index is 1.93. The van der Waals surface area contributed by atoms with Crippen LogP contribution in [0.5, 0.6) is 5.75 Å². The van der Waals surface area contributed by atoms with E-state index in [1.54, 1.807) is 13.2 Å². The van der Waals surface area contributed by atoms with Gasteiger partial charge in [0.2, 0.25) is 0 Å². The van der Waals surface area contributed by atoms with Gasteiger partial charge in [0.1, 0.15) is 5.75 Å². The lowest BCUT2D eigenvalue weighted by molar-refractivity contribution is -0.190. The van der Waals surface area contributed by atoms with Crippen molar-refractivity contribution in [3.63, 3.8) is 0 Å². The second-order valence-electron chi connectivity index (χ2n) is 6.18. The molecule has 0 aromatic heterocycles. The van der Waals surface area contributed by atoms with E-state index < -0.39 is 12.3 Å². The monoisotopic (exact) mass is 360 g/mol. The van der Waals surface area contributed by atoms with E-state index in [1.165, 1.54) is 12.2 Å². The minimum absolute atomic E-state index is 0.114. The number of methoxy groups -OCH3 is 1. The molecule has 0 bridgehead atoms. The number of hydrogen-bond acceptors (Lipinski definition) is 2. The van der Waals surface area contributed by atoms with Crippen LogP contribution in [-0.4, -0.2) is 24.5 Å². The van der Waals surface area contributed by atoms with Crippen LogP contribution in [0.25, 0.3) is 11.1 Å². The average molecular weight is 360 g/mol. The highest BCUT2D eigenvalue weighted by molar-refractivity contribution is 5.71. The fourth-order valence-corrected chi connectivity index (χ4v) is 3.13. The van der Waals surface area contributed by atoms with Gasteiger partial charge in [0.15, 0.2) is 6.10 Å². The van der Waals surface area contributed by atoms with Crippen LogP contribution in [0.3, 0.4) is 0 Å². The highest BCUT2D eigenvalue weighted by Crippen LogP contribution is 2.36. The van der Waals surface area contributed by atoms with Crippen molar-refractivity contribution in [2.24, 2.45) is 0 Å². The van der Waals surface area contributed by atoms with Crippen LogP contribution in [0.4, 0.5) is 13.2 Å². The van der Waals surface area contributed by atoms with Crippen molar-refractivity contribution in [3.05, 3.63) is 77.9 Å². The van der Waals surface area contributed by atoms with Gasteiger partial charge in [-0.3, -0.25) is 0 Å². The molecule has 0 aliphatic heterocycles. The second-order valence-corrected chi connectivity index (χ2v) is 6.18. The lowest BCUT2D eigenvalue weighted by atomic mass is 9.86. The summed E-state index contributed by atoms with van der Waals surface area (Å²) in [6, 6.07) is 15.2. The van der Waals surface area contributed by atoms with Crippen molar-refractivity contribution < 1.29 is 23.0 Å². The molecule has 0 heterocycles. The van der Waals surface area contributed by atoms with E-state index >= 15 is 0 Å². The highest BCUT2D eigenvalue weighted by atomic mass is 19.4. The molecular weight excluding hydrogens is 341 g/mol. The molecule has 2 aromatic rings. The quantitative estimate of drug-likeness (QED) is 0.806. The molecule has 1 aliphatic rings. The van der Waals surface area contributed by atoms with Gasteiger partial charge in [-0.25, -0.2) is 0 Å². The number of aliphatic hydroxyl groups excluding tert-OH is 1. The molecule has 0 radical (unpaired) electrons. The van der Waals surface area contributed by atoms with E-state index in [2.05, 4.69) is 0 Å². The summed E-state index contributed by atoms with van der Waals surface area (Å²) in [5.74, 6) is 0.513. The lowest BCUT2D eigenvalue weighted by Gasteiger charge is -2.22. The van der Waals surface area contributed by atoms with E-state index in [4.69, 9.17) is 4.74 Å². The zero-order valence-electron chi connectivity index (χ0n) is 14.2. The van der Waals surface area contributed by atoms with Crippen molar-refractivity contribution in [1.29, 1.82) is 0 Å². The Hall–Kier alpha value is -2.53. The Morgan fingerprint density at radius 3 is 2.62 bits per heavy atom. The number of hydrogen-bond donors (Lipinski definition) is 1. The molecule has 2 atom stereocenters. The van der Waals surface area contributed by atoms with Crippen molar-refractivity contribution in [3.8, 4) is 16.9 Å². The summed E-state index contributed by atoms with van der Waals surface area (Å²) in [5.41, 5.74) is 2.63. The number of alkyl halides is 3. The normalized spacial score (nSPS) is 18.3. The van der Waals surface area contributed by atoms with E-state index in [1.807, 2.05) is 48.5 Å². The maximum absolute atomic E-state index is 12.8. The lowest BCUT2D eigenvalue weighted by Crippen LogP contribution is -2.30. The molecule has 2 aromatic carbocycles. The van der Waals surface area contributed by atoms with Crippen LogP contribution in [-0.2, 0) is 0 Å². The topological polar surface area (TPSA) is 29.5 Å². The molecule has 0 saturated carbocycles. The number of aliphatic hydroxyl groups is 1. The van der Waals surface area contributed by atoms with Crippen molar-refractivity contribution in [2.75, 3.05) is 7.11 Å². The van der Waals surface area contributed by atoms with E-state index in [9.17, 15) is 18.3 Å². The number of halogens is 3. The first-order valence-electron chi connectivity index (χ1n) is 8.26. The third-order valence-corrected chi connectivity index (χ3v) is 4.45. The third-order valence-electron chi connectivity index (χ3n) is 4.45. The maximum atomic E-state index is 12.8. The number of para-hydroxylation sites is 1. The van der Waals surface area contributed by atoms with Gasteiger partial charge >= 0.3 is 6.18 Å². The molecule has 1 aliphatic carbocycles. The minimum Gasteiger partial charge on any atom is -0.496 e. The van der Waals surface area contributed by atoms with Crippen LogP contribution in [0.1, 0.15) is 17.9 Å². The third kappa shape index (κ3) is 3.83. The highest BCUT2D eigenvalue weighted by Gasteiger charge is 2.40. The fraction of sp³-hybridized carbons (Fsp3) is 0.238. The summed E-state index contributed by atoms with van der Waals surface area (Å²) in [7, 11) is 1.60. The van der Waals surface area contributed by atoms with Crippen LogP contribution in [0.15, 0.2) is 72.3 Å². The molecule has 1 N–H and O–H groups in total. The maximum Gasteiger partial charge on any atom is 0.418 e. The van der Waals surface area contributed by atoms with Gasteiger partial charge < -0.3 is 9.84 Å². The van der Waals surface area contributed by atoms with Crippen molar-refractivity contribution >= 4 is 0 Å². The largest absolute Gasteiger partial charge is 0.496 e. The molecule has 0 fully saturated rings. The fourth-order valence-electron chi connectivity index (χ4n) is 3.13. The summed E-state index contributed by atoms with van der Waals surface area (Å²) >= 11 is 0. The summed E-state index contributed by atoms with van der Waals surface area (Å²) in [6.07, 6.45) is -2.03. The molecule has 2 unspecified atom stereocenters. The van der Waals surface area contributed by atoms with Crippen molar-refractivity contribution in [2.45, 2.75) is 24.6 Å². The molecular formula is C21H19F3O2. The Morgan fingerprint density at radius 1 is 1.12 bits per heavy atom. The predicted octanol–water partition coefficient (Wildman–Crippen LogP) is 5.26. The molecule has 0 spiro atoms. The van der Waals surface area contributed by atoms with Gasteiger partial charge in [0, 0.05) is 11.5 Å². The second kappa shape index (κ2) is 7.38. The Bertz CT molecular complexity index is 837. The van der Waals surface area contributed by atoms with Gasteiger partial charge in [-0.05, 0) is 29.2 Å². The SMILES string of the molecule is COc1ccccc1-c1cccc(C2C=C(C(O)C(F)(F)F)C=CC2)c1. The van der Waals surface area contributed by atoms with E-state index in [-0.39, 0.29) is 11.5 Å². The first-order chi connectivity index (χ1) is 12.4. The molecule has 0 amide bonds. The Kier molecular flexibility index (Phi) is 5.18. The summed E-state index contributed by atoms with van der Waals surface area (Å²) in [5, 5.41) is 9.51. The molecule has 26 heavy (non-hydrogen) atoms. The zero-order chi connectivity index (χ0) is 18.7. The Labute approximate surface area is 150 Å². The van der Waals surface area contributed by atoms with Gasteiger partial charge in [-0.2, -0.15) is 13.2 Å². The van der Waals surface area contributed by atoms with Gasteiger partial charge in [0.25, 0.3) is 0 Å². The standard InChI is InChI=1S/C21H19F3O2/c1-26-19-11-3-2-10-18(19)16-8-4-6-14(12-16)15-7-5-9-17(13-15)20(25)21(22,23)24/h2-6,8-13,15,20,25H,7H2,1H3. The van der Waals surface area contributed by atoms with Gasteiger partial charge in [0.05, 0.1) is 7.11 Å². The zero-order valence-corrected chi connectivity index (χ0v) is 14.2. The first kappa shape index (κ1) is 18.3. The van der Waals surface area contributed by atoms with E-state index in [0.717, 1.165) is 22.4 Å². The van der Waals surface area contributed by atoms with Crippen LogP contribution in [0.2, 0.25) is 0 Å². The first-order valence-corrected chi connectivity index (χ1v) is 8.26. The number of ether oxygens (including phenoxy) is 1. The molecule has 3 rings (SSSR count). The molecule has 136 valence electrons. The van der Waals surface area contributed by atoms with E-state index in [0.29, 0.717) is 6.42 Å².